The molecule has 0 radical (unpaired) electrons. The molecule has 1 aliphatic heterocycles. The molecule has 0 aliphatic carbocycles. The van der Waals surface area contributed by atoms with Crippen molar-refractivity contribution >= 4 is 17.3 Å². The SMILES string of the molecule is CC1(C)CC(C)(O)N(Cc2cccc(C(F)(F)F)c2)C(=S)N1. The Balaban J connectivity index is 2.25. The van der Waals surface area contributed by atoms with Crippen molar-refractivity contribution < 1.29 is 18.3 Å². The van der Waals surface area contributed by atoms with Crippen LogP contribution in [0.15, 0.2) is 24.3 Å². The zero-order valence-electron chi connectivity index (χ0n) is 12.7. The maximum atomic E-state index is 12.8. The van der Waals surface area contributed by atoms with Crippen molar-refractivity contribution in [1.29, 1.82) is 0 Å². The molecule has 0 amide bonds. The molecule has 22 heavy (non-hydrogen) atoms. The number of nitrogens with one attached hydrogen (secondary N) is 1. The van der Waals surface area contributed by atoms with E-state index in [0.717, 1.165) is 12.1 Å². The van der Waals surface area contributed by atoms with Gasteiger partial charge in [-0.3, -0.25) is 0 Å². The standard InChI is InChI=1S/C15H19F3N2OS/c1-13(2)9-14(3,21)20(12(22)19-13)8-10-5-4-6-11(7-10)15(16,17)18/h4-7,21H,8-9H2,1-3H3,(H,19,22). The fourth-order valence-corrected chi connectivity index (χ4v) is 3.36. The topological polar surface area (TPSA) is 35.5 Å². The Labute approximate surface area is 133 Å². The summed E-state index contributed by atoms with van der Waals surface area (Å²) >= 11 is 5.26. The van der Waals surface area contributed by atoms with Gasteiger partial charge in [0.25, 0.3) is 0 Å². The number of hydrogen-bond donors (Lipinski definition) is 2. The second kappa shape index (κ2) is 5.38. The Morgan fingerprint density at radius 2 is 1.95 bits per heavy atom. The van der Waals surface area contributed by atoms with Crippen LogP contribution in [0.5, 0.6) is 0 Å². The van der Waals surface area contributed by atoms with Crippen LogP contribution < -0.4 is 5.32 Å². The molecule has 2 N–H and O–H groups in total. The third-order valence-corrected chi connectivity index (χ3v) is 3.97. The van der Waals surface area contributed by atoms with Crippen LogP contribution in [0.3, 0.4) is 0 Å². The first-order chi connectivity index (χ1) is 9.91. The van der Waals surface area contributed by atoms with Crippen LogP contribution in [0.4, 0.5) is 13.2 Å². The van der Waals surface area contributed by atoms with Gasteiger partial charge in [0.15, 0.2) is 5.11 Å². The van der Waals surface area contributed by atoms with Gasteiger partial charge in [-0.15, -0.1) is 0 Å². The van der Waals surface area contributed by atoms with Gasteiger partial charge in [-0.2, -0.15) is 13.2 Å². The lowest BCUT2D eigenvalue weighted by Crippen LogP contribution is -2.65. The molecular weight excluding hydrogens is 313 g/mol. The summed E-state index contributed by atoms with van der Waals surface area (Å²) in [5, 5.41) is 14.0. The summed E-state index contributed by atoms with van der Waals surface area (Å²) in [6, 6.07) is 5.06. The monoisotopic (exact) mass is 332 g/mol. The highest BCUT2D eigenvalue weighted by Gasteiger charge is 2.42. The van der Waals surface area contributed by atoms with Gasteiger partial charge in [0.1, 0.15) is 5.72 Å². The third-order valence-electron chi connectivity index (χ3n) is 3.64. The van der Waals surface area contributed by atoms with Crippen LogP contribution >= 0.6 is 12.2 Å². The van der Waals surface area contributed by atoms with Crippen molar-refractivity contribution in [2.75, 3.05) is 0 Å². The number of aliphatic hydroxyl groups is 1. The van der Waals surface area contributed by atoms with Gasteiger partial charge in [-0.1, -0.05) is 12.1 Å². The van der Waals surface area contributed by atoms with Crippen LogP contribution in [0.1, 0.15) is 38.3 Å². The molecule has 7 heteroatoms. The number of halogens is 3. The summed E-state index contributed by atoms with van der Waals surface area (Å²) in [6.45, 7) is 5.55. The molecule has 122 valence electrons. The normalized spacial score (nSPS) is 25.0. The minimum absolute atomic E-state index is 0.110. The Hall–Kier alpha value is -1.34. The highest BCUT2D eigenvalue weighted by molar-refractivity contribution is 7.80. The first kappa shape index (κ1) is 17.0. The summed E-state index contributed by atoms with van der Waals surface area (Å²) < 4.78 is 38.3. The van der Waals surface area contributed by atoms with Crippen LogP contribution in [-0.4, -0.2) is 26.4 Å². The van der Waals surface area contributed by atoms with E-state index in [1.165, 1.54) is 11.0 Å². The minimum atomic E-state index is -4.39. The maximum absolute atomic E-state index is 12.8. The molecule has 0 bridgehead atoms. The van der Waals surface area contributed by atoms with Gasteiger partial charge in [-0.05, 0) is 50.7 Å². The zero-order chi connectivity index (χ0) is 16.8. The Morgan fingerprint density at radius 3 is 2.50 bits per heavy atom. The smallest absolute Gasteiger partial charge is 0.371 e. The van der Waals surface area contributed by atoms with E-state index >= 15 is 0 Å². The number of alkyl halides is 3. The summed E-state index contributed by atoms with van der Waals surface area (Å²) in [5.41, 5.74) is -1.86. The second-order valence-electron chi connectivity index (χ2n) is 6.49. The highest BCUT2D eigenvalue weighted by atomic mass is 32.1. The molecule has 1 aliphatic rings. The van der Waals surface area contributed by atoms with Crippen LogP contribution in [-0.2, 0) is 12.7 Å². The van der Waals surface area contributed by atoms with Crippen molar-refractivity contribution in [3.8, 4) is 0 Å². The predicted molar refractivity (Wildman–Crippen MR) is 82.0 cm³/mol. The summed E-state index contributed by atoms with van der Waals surface area (Å²) in [4.78, 5) is 1.52. The zero-order valence-corrected chi connectivity index (χ0v) is 13.5. The van der Waals surface area contributed by atoms with Gasteiger partial charge in [0.2, 0.25) is 0 Å². The minimum Gasteiger partial charge on any atom is -0.371 e. The molecule has 1 aromatic rings. The molecule has 0 aromatic heterocycles. The summed E-state index contributed by atoms with van der Waals surface area (Å²) in [7, 11) is 0. The van der Waals surface area contributed by atoms with E-state index in [2.05, 4.69) is 5.32 Å². The van der Waals surface area contributed by atoms with Crippen molar-refractivity contribution in [1.82, 2.24) is 10.2 Å². The second-order valence-corrected chi connectivity index (χ2v) is 6.88. The molecule has 3 nitrogen and oxygen atoms in total. The van der Waals surface area contributed by atoms with E-state index in [-0.39, 0.29) is 12.1 Å². The van der Waals surface area contributed by atoms with E-state index < -0.39 is 17.5 Å². The van der Waals surface area contributed by atoms with E-state index in [1.54, 1.807) is 13.0 Å². The predicted octanol–water partition coefficient (Wildman–Crippen LogP) is 3.27. The lowest BCUT2D eigenvalue weighted by atomic mass is 9.90. The third kappa shape index (κ3) is 3.70. The lowest BCUT2D eigenvalue weighted by molar-refractivity contribution is -0.137. The average Bonchev–Trinajstić information content (AvgIpc) is 2.31. The molecule has 1 fully saturated rings. The van der Waals surface area contributed by atoms with Gasteiger partial charge >= 0.3 is 6.18 Å². The fraction of sp³-hybridized carbons (Fsp3) is 0.533. The molecular formula is C15H19F3N2OS. The quantitative estimate of drug-likeness (QED) is 0.815. The van der Waals surface area contributed by atoms with Gasteiger partial charge in [0.05, 0.1) is 5.56 Å². The van der Waals surface area contributed by atoms with Crippen molar-refractivity contribution in [3.63, 3.8) is 0 Å². The molecule has 0 saturated carbocycles. The molecule has 0 spiro atoms. The Kier molecular flexibility index (Phi) is 4.16. The highest BCUT2D eigenvalue weighted by Crippen LogP contribution is 2.33. The molecule has 1 saturated heterocycles. The molecule has 1 atom stereocenters. The van der Waals surface area contributed by atoms with E-state index in [0.29, 0.717) is 17.1 Å². The van der Waals surface area contributed by atoms with E-state index in [4.69, 9.17) is 12.2 Å². The maximum Gasteiger partial charge on any atom is 0.416 e. The number of rotatable bonds is 2. The van der Waals surface area contributed by atoms with Gasteiger partial charge < -0.3 is 15.3 Å². The van der Waals surface area contributed by atoms with Crippen molar-refractivity contribution in [2.24, 2.45) is 0 Å². The van der Waals surface area contributed by atoms with E-state index in [1.807, 2.05) is 13.8 Å². The number of benzene rings is 1. The molecule has 1 heterocycles. The summed E-state index contributed by atoms with van der Waals surface area (Å²) in [6.07, 6.45) is -3.99. The van der Waals surface area contributed by atoms with Crippen LogP contribution in [0.25, 0.3) is 0 Å². The van der Waals surface area contributed by atoms with E-state index in [9.17, 15) is 18.3 Å². The van der Waals surface area contributed by atoms with Crippen molar-refractivity contribution in [3.05, 3.63) is 35.4 Å². The Morgan fingerprint density at radius 1 is 1.32 bits per heavy atom. The number of nitrogens with zero attached hydrogens (tertiary/aromatic N) is 1. The van der Waals surface area contributed by atoms with Gasteiger partial charge in [-0.25, -0.2) is 0 Å². The largest absolute Gasteiger partial charge is 0.416 e. The molecule has 1 unspecified atom stereocenters. The summed E-state index contributed by atoms with van der Waals surface area (Å²) in [5.74, 6) is 0. The van der Waals surface area contributed by atoms with Gasteiger partial charge in [0, 0.05) is 18.5 Å². The molecule has 2 rings (SSSR count). The van der Waals surface area contributed by atoms with Crippen molar-refractivity contribution in [2.45, 2.75) is 51.2 Å². The first-order valence-corrected chi connectivity index (χ1v) is 7.30. The number of thiocarbonyl (C=S) groups is 1. The van der Waals surface area contributed by atoms with Crippen LogP contribution in [0.2, 0.25) is 0 Å². The Bertz CT molecular complexity index is 584. The number of hydrogen-bond acceptors (Lipinski definition) is 2. The molecule has 1 aromatic carbocycles. The average molecular weight is 332 g/mol. The van der Waals surface area contributed by atoms with Crippen LogP contribution in [0, 0.1) is 0 Å². The lowest BCUT2D eigenvalue weighted by Gasteiger charge is -2.49. The first-order valence-electron chi connectivity index (χ1n) is 6.89. The fourth-order valence-electron chi connectivity index (χ4n) is 2.82.